The predicted octanol–water partition coefficient (Wildman–Crippen LogP) is 1.68. The first-order valence-electron chi connectivity index (χ1n) is 5.63. The molecule has 1 aromatic heterocycles. The van der Waals surface area contributed by atoms with Gasteiger partial charge in [0.2, 0.25) is 0 Å². The van der Waals surface area contributed by atoms with Gasteiger partial charge in [-0.3, -0.25) is 0 Å². The number of esters is 1. The highest BCUT2D eigenvalue weighted by atomic mass is 16.6. The summed E-state index contributed by atoms with van der Waals surface area (Å²) in [6.45, 7) is 8.23. The number of rotatable bonds is 5. The Morgan fingerprint density at radius 1 is 1.47 bits per heavy atom. The largest absolute Gasteiger partial charge is 0.457 e. The summed E-state index contributed by atoms with van der Waals surface area (Å²) in [5.41, 5.74) is 1.03. The molecule has 1 rings (SSSR count). The standard InChI is InChI=1S/C12H18N2O3/c1-5-16-7-8(2)17-12(15)11-6-13-10(4)14-9(11)3/h6,8H,5,7H2,1-4H3/t8-/m0/s1. The number of ether oxygens (including phenoxy) is 2. The molecule has 0 aliphatic rings. The highest BCUT2D eigenvalue weighted by Gasteiger charge is 2.15. The summed E-state index contributed by atoms with van der Waals surface area (Å²) in [7, 11) is 0. The maximum Gasteiger partial charge on any atom is 0.341 e. The van der Waals surface area contributed by atoms with Crippen LogP contribution in [0, 0.1) is 13.8 Å². The third-order valence-electron chi connectivity index (χ3n) is 2.18. The molecule has 0 saturated heterocycles. The van der Waals surface area contributed by atoms with Crippen LogP contribution >= 0.6 is 0 Å². The average molecular weight is 238 g/mol. The highest BCUT2D eigenvalue weighted by Crippen LogP contribution is 2.07. The van der Waals surface area contributed by atoms with Gasteiger partial charge in [0.15, 0.2) is 0 Å². The summed E-state index contributed by atoms with van der Waals surface area (Å²) in [6, 6.07) is 0. The minimum Gasteiger partial charge on any atom is -0.457 e. The van der Waals surface area contributed by atoms with Crippen LogP contribution in [0.2, 0.25) is 0 Å². The Kier molecular flexibility index (Phi) is 5.03. The fourth-order valence-electron chi connectivity index (χ4n) is 1.35. The Hall–Kier alpha value is -1.49. The first-order valence-corrected chi connectivity index (χ1v) is 5.63. The minimum atomic E-state index is -0.408. The van der Waals surface area contributed by atoms with Gasteiger partial charge >= 0.3 is 5.97 Å². The lowest BCUT2D eigenvalue weighted by molar-refractivity contribution is 0.00424. The zero-order valence-electron chi connectivity index (χ0n) is 10.7. The van der Waals surface area contributed by atoms with Crippen LogP contribution in [0.3, 0.4) is 0 Å². The Bertz CT molecular complexity index is 393. The van der Waals surface area contributed by atoms with Crippen molar-refractivity contribution in [3.63, 3.8) is 0 Å². The molecular weight excluding hydrogens is 220 g/mol. The number of nitrogens with zero attached hydrogens (tertiary/aromatic N) is 2. The van der Waals surface area contributed by atoms with E-state index in [-0.39, 0.29) is 6.10 Å². The molecule has 0 aromatic carbocycles. The van der Waals surface area contributed by atoms with Crippen molar-refractivity contribution >= 4 is 5.97 Å². The van der Waals surface area contributed by atoms with Gasteiger partial charge in [0, 0.05) is 12.8 Å². The normalized spacial score (nSPS) is 12.2. The molecule has 94 valence electrons. The molecule has 0 fully saturated rings. The van der Waals surface area contributed by atoms with Gasteiger partial charge in [-0.05, 0) is 27.7 Å². The van der Waals surface area contributed by atoms with Crippen LogP contribution in [0.25, 0.3) is 0 Å². The second kappa shape index (κ2) is 6.30. The van der Waals surface area contributed by atoms with E-state index >= 15 is 0 Å². The predicted molar refractivity (Wildman–Crippen MR) is 62.9 cm³/mol. The first kappa shape index (κ1) is 13.6. The van der Waals surface area contributed by atoms with Crippen molar-refractivity contribution in [2.24, 2.45) is 0 Å². The maximum atomic E-state index is 11.8. The zero-order chi connectivity index (χ0) is 12.8. The number of hydrogen-bond donors (Lipinski definition) is 0. The fraction of sp³-hybridized carbons (Fsp3) is 0.583. The van der Waals surface area contributed by atoms with Gasteiger partial charge in [-0.2, -0.15) is 0 Å². The van der Waals surface area contributed by atoms with E-state index in [4.69, 9.17) is 9.47 Å². The van der Waals surface area contributed by atoms with E-state index in [9.17, 15) is 4.79 Å². The molecule has 17 heavy (non-hydrogen) atoms. The van der Waals surface area contributed by atoms with Gasteiger partial charge in [0.25, 0.3) is 0 Å². The minimum absolute atomic E-state index is 0.275. The molecule has 0 aliphatic carbocycles. The molecule has 0 radical (unpaired) electrons. The average Bonchev–Trinajstić information content (AvgIpc) is 2.26. The van der Waals surface area contributed by atoms with Crippen LogP contribution in [0.4, 0.5) is 0 Å². The van der Waals surface area contributed by atoms with Crippen LogP contribution in [-0.2, 0) is 9.47 Å². The van der Waals surface area contributed by atoms with E-state index in [2.05, 4.69) is 9.97 Å². The second-order valence-corrected chi connectivity index (χ2v) is 3.79. The Morgan fingerprint density at radius 3 is 2.76 bits per heavy atom. The molecule has 0 bridgehead atoms. The van der Waals surface area contributed by atoms with E-state index in [1.807, 2.05) is 6.92 Å². The summed E-state index contributed by atoms with van der Waals surface area (Å²) in [5.74, 6) is 0.233. The lowest BCUT2D eigenvalue weighted by atomic mass is 10.2. The van der Waals surface area contributed by atoms with Crippen LogP contribution in [0.15, 0.2) is 6.20 Å². The third kappa shape index (κ3) is 4.11. The molecule has 0 spiro atoms. The molecule has 1 aromatic rings. The summed E-state index contributed by atoms with van der Waals surface area (Å²) in [6.07, 6.45) is 1.22. The number of carbonyl (C=O) groups is 1. The van der Waals surface area contributed by atoms with Crippen molar-refractivity contribution in [2.75, 3.05) is 13.2 Å². The highest BCUT2D eigenvalue weighted by molar-refractivity contribution is 5.90. The lowest BCUT2D eigenvalue weighted by Crippen LogP contribution is -2.21. The number of aryl methyl sites for hydroxylation is 2. The molecule has 5 heteroatoms. The molecule has 0 N–H and O–H groups in total. The molecular formula is C12H18N2O3. The van der Waals surface area contributed by atoms with Crippen LogP contribution in [0.1, 0.15) is 35.7 Å². The lowest BCUT2D eigenvalue weighted by Gasteiger charge is -2.13. The SMILES string of the molecule is CCOC[C@H](C)OC(=O)c1cnc(C)nc1C. The first-order chi connectivity index (χ1) is 8.04. The Morgan fingerprint density at radius 2 is 2.18 bits per heavy atom. The zero-order valence-corrected chi connectivity index (χ0v) is 10.7. The Labute approximate surface area is 101 Å². The van der Waals surface area contributed by atoms with Gasteiger partial charge in [0.05, 0.1) is 17.9 Å². The van der Waals surface area contributed by atoms with E-state index in [1.165, 1.54) is 6.20 Å². The number of carbonyl (C=O) groups excluding carboxylic acids is 1. The molecule has 0 unspecified atom stereocenters. The molecule has 1 heterocycles. The van der Waals surface area contributed by atoms with Crippen molar-refractivity contribution in [1.82, 2.24) is 9.97 Å². The third-order valence-corrected chi connectivity index (χ3v) is 2.18. The van der Waals surface area contributed by atoms with Crippen LogP contribution in [0.5, 0.6) is 0 Å². The van der Waals surface area contributed by atoms with E-state index in [0.29, 0.717) is 30.3 Å². The number of aromatic nitrogens is 2. The van der Waals surface area contributed by atoms with Crippen molar-refractivity contribution in [3.05, 3.63) is 23.3 Å². The fourth-order valence-corrected chi connectivity index (χ4v) is 1.35. The van der Waals surface area contributed by atoms with Gasteiger partial charge < -0.3 is 9.47 Å². The smallest absolute Gasteiger partial charge is 0.341 e. The van der Waals surface area contributed by atoms with Crippen molar-refractivity contribution in [2.45, 2.75) is 33.8 Å². The van der Waals surface area contributed by atoms with Crippen LogP contribution in [-0.4, -0.2) is 35.3 Å². The second-order valence-electron chi connectivity index (χ2n) is 3.79. The van der Waals surface area contributed by atoms with Crippen molar-refractivity contribution in [3.8, 4) is 0 Å². The summed E-state index contributed by atoms with van der Waals surface area (Å²) >= 11 is 0. The molecule has 0 amide bonds. The summed E-state index contributed by atoms with van der Waals surface area (Å²) in [4.78, 5) is 19.9. The number of hydrogen-bond acceptors (Lipinski definition) is 5. The quantitative estimate of drug-likeness (QED) is 0.730. The molecule has 0 saturated carbocycles. The Balaban J connectivity index is 2.63. The maximum absolute atomic E-state index is 11.8. The monoisotopic (exact) mass is 238 g/mol. The molecule has 0 aliphatic heterocycles. The molecule has 1 atom stereocenters. The van der Waals surface area contributed by atoms with E-state index < -0.39 is 5.97 Å². The van der Waals surface area contributed by atoms with E-state index in [0.717, 1.165) is 0 Å². The van der Waals surface area contributed by atoms with Gasteiger partial charge in [-0.25, -0.2) is 14.8 Å². The summed E-state index contributed by atoms with van der Waals surface area (Å²) < 4.78 is 10.4. The summed E-state index contributed by atoms with van der Waals surface area (Å²) in [5, 5.41) is 0. The van der Waals surface area contributed by atoms with Crippen molar-refractivity contribution < 1.29 is 14.3 Å². The van der Waals surface area contributed by atoms with Gasteiger partial charge in [-0.15, -0.1) is 0 Å². The van der Waals surface area contributed by atoms with Crippen LogP contribution < -0.4 is 0 Å². The van der Waals surface area contributed by atoms with Crippen molar-refractivity contribution in [1.29, 1.82) is 0 Å². The van der Waals surface area contributed by atoms with E-state index in [1.54, 1.807) is 20.8 Å². The topological polar surface area (TPSA) is 61.3 Å². The van der Waals surface area contributed by atoms with Gasteiger partial charge in [-0.1, -0.05) is 0 Å². The molecule has 5 nitrogen and oxygen atoms in total. The van der Waals surface area contributed by atoms with Gasteiger partial charge in [0.1, 0.15) is 11.9 Å².